The molecule has 0 aromatic heterocycles. The summed E-state index contributed by atoms with van der Waals surface area (Å²) in [5.74, 6) is 0.990. The lowest BCUT2D eigenvalue weighted by molar-refractivity contribution is -0.138. The smallest absolute Gasteiger partial charge is 0.225 e. The molecule has 23 heavy (non-hydrogen) atoms. The lowest BCUT2D eigenvalue weighted by atomic mass is 9.85. The zero-order valence-electron chi connectivity index (χ0n) is 14.3. The number of carbonyl (C=O) groups excluding carboxylic acids is 1. The zero-order chi connectivity index (χ0) is 16.2. The van der Waals surface area contributed by atoms with Gasteiger partial charge in [-0.25, -0.2) is 0 Å². The highest BCUT2D eigenvalue weighted by atomic mass is 16.2. The van der Waals surface area contributed by atoms with Gasteiger partial charge in [0, 0.05) is 31.0 Å². The first kappa shape index (κ1) is 16.5. The van der Waals surface area contributed by atoms with Crippen LogP contribution in [-0.4, -0.2) is 29.9 Å². The minimum atomic E-state index is 0.104. The van der Waals surface area contributed by atoms with Crippen molar-refractivity contribution in [3.63, 3.8) is 0 Å². The predicted octanol–water partition coefficient (Wildman–Crippen LogP) is 3.47. The number of aryl methyl sites for hydroxylation is 1. The van der Waals surface area contributed by atoms with E-state index in [9.17, 15) is 4.79 Å². The SMILES string of the molecule is CCc1ccc(C2CC(N)CN(C(=O)C3CCCCC3)C2)cc1. The molecule has 1 aromatic rings. The van der Waals surface area contributed by atoms with Gasteiger partial charge in [-0.2, -0.15) is 0 Å². The Bertz CT molecular complexity index is 519. The van der Waals surface area contributed by atoms with Crippen LogP contribution >= 0.6 is 0 Å². The summed E-state index contributed by atoms with van der Waals surface area (Å²) in [5.41, 5.74) is 8.98. The van der Waals surface area contributed by atoms with Gasteiger partial charge in [0.25, 0.3) is 0 Å². The summed E-state index contributed by atoms with van der Waals surface area (Å²) in [7, 11) is 0. The van der Waals surface area contributed by atoms with Crippen LogP contribution in [0.2, 0.25) is 0 Å². The van der Waals surface area contributed by atoms with Crippen LogP contribution < -0.4 is 5.73 Å². The van der Waals surface area contributed by atoms with E-state index in [0.29, 0.717) is 11.8 Å². The van der Waals surface area contributed by atoms with Crippen molar-refractivity contribution in [2.75, 3.05) is 13.1 Å². The fraction of sp³-hybridized carbons (Fsp3) is 0.650. The Morgan fingerprint density at radius 2 is 1.83 bits per heavy atom. The van der Waals surface area contributed by atoms with E-state index in [1.165, 1.54) is 30.4 Å². The number of nitrogens with two attached hydrogens (primary N) is 1. The largest absolute Gasteiger partial charge is 0.340 e. The highest BCUT2D eigenvalue weighted by Gasteiger charge is 2.32. The van der Waals surface area contributed by atoms with E-state index in [4.69, 9.17) is 5.73 Å². The monoisotopic (exact) mass is 314 g/mol. The Morgan fingerprint density at radius 1 is 1.13 bits per heavy atom. The van der Waals surface area contributed by atoms with Crippen LogP contribution in [0.4, 0.5) is 0 Å². The summed E-state index contributed by atoms with van der Waals surface area (Å²) >= 11 is 0. The molecular weight excluding hydrogens is 284 g/mol. The van der Waals surface area contributed by atoms with Gasteiger partial charge in [0.2, 0.25) is 5.91 Å². The summed E-state index contributed by atoms with van der Waals surface area (Å²) in [5, 5.41) is 0. The molecule has 0 radical (unpaired) electrons. The molecule has 1 saturated heterocycles. The lowest BCUT2D eigenvalue weighted by Gasteiger charge is -2.39. The Balaban J connectivity index is 1.69. The van der Waals surface area contributed by atoms with Crippen molar-refractivity contribution in [1.29, 1.82) is 0 Å². The van der Waals surface area contributed by atoms with E-state index < -0.39 is 0 Å². The van der Waals surface area contributed by atoms with E-state index in [1.807, 2.05) is 0 Å². The summed E-state index contributed by atoms with van der Waals surface area (Å²) in [6.07, 6.45) is 7.89. The number of carbonyl (C=O) groups is 1. The van der Waals surface area contributed by atoms with Gasteiger partial charge in [-0.15, -0.1) is 0 Å². The number of piperidine rings is 1. The molecule has 1 heterocycles. The summed E-state index contributed by atoms with van der Waals surface area (Å²) in [6, 6.07) is 8.98. The Hall–Kier alpha value is -1.35. The second-order valence-corrected chi connectivity index (χ2v) is 7.37. The van der Waals surface area contributed by atoms with Crippen LogP contribution in [0, 0.1) is 5.92 Å². The molecule has 2 aliphatic rings. The summed E-state index contributed by atoms with van der Waals surface area (Å²) in [6.45, 7) is 3.75. The third-order valence-corrected chi connectivity index (χ3v) is 5.61. The first-order valence-corrected chi connectivity index (χ1v) is 9.30. The third kappa shape index (κ3) is 3.95. The van der Waals surface area contributed by atoms with E-state index in [2.05, 4.69) is 36.1 Å². The van der Waals surface area contributed by atoms with Crippen molar-refractivity contribution in [2.45, 2.75) is 63.8 Å². The van der Waals surface area contributed by atoms with Crippen LogP contribution in [0.25, 0.3) is 0 Å². The first-order chi connectivity index (χ1) is 11.2. The lowest BCUT2D eigenvalue weighted by Crippen LogP contribution is -2.50. The van der Waals surface area contributed by atoms with Gasteiger partial charge in [-0.3, -0.25) is 4.79 Å². The molecule has 1 aromatic carbocycles. The maximum atomic E-state index is 12.8. The molecule has 1 aliphatic heterocycles. The molecule has 2 atom stereocenters. The molecule has 3 heteroatoms. The zero-order valence-corrected chi connectivity index (χ0v) is 14.3. The van der Waals surface area contributed by atoms with Gasteiger partial charge in [0.1, 0.15) is 0 Å². The number of benzene rings is 1. The first-order valence-electron chi connectivity index (χ1n) is 9.30. The van der Waals surface area contributed by atoms with Crippen LogP contribution in [0.5, 0.6) is 0 Å². The average Bonchev–Trinajstić information content (AvgIpc) is 2.61. The van der Waals surface area contributed by atoms with Gasteiger partial charge in [-0.1, -0.05) is 50.5 Å². The maximum absolute atomic E-state index is 12.8. The third-order valence-electron chi connectivity index (χ3n) is 5.61. The van der Waals surface area contributed by atoms with Crippen LogP contribution in [0.1, 0.15) is 62.5 Å². The van der Waals surface area contributed by atoms with Crippen LogP contribution in [0.3, 0.4) is 0 Å². The molecule has 0 spiro atoms. The van der Waals surface area contributed by atoms with Crippen LogP contribution in [-0.2, 0) is 11.2 Å². The van der Waals surface area contributed by atoms with Gasteiger partial charge in [0.15, 0.2) is 0 Å². The van der Waals surface area contributed by atoms with E-state index >= 15 is 0 Å². The Morgan fingerprint density at radius 3 is 2.48 bits per heavy atom. The van der Waals surface area contributed by atoms with Crippen molar-refractivity contribution in [2.24, 2.45) is 11.7 Å². The molecule has 3 nitrogen and oxygen atoms in total. The highest BCUT2D eigenvalue weighted by Crippen LogP contribution is 2.30. The number of hydrogen-bond acceptors (Lipinski definition) is 2. The van der Waals surface area contributed by atoms with Crippen molar-refractivity contribution >= 4 is 5.91 Å². The molecule has 2 unspecified atom stereocenters. The minimum Gasteiger partial charge on any atom is -0.340 e. The molecular formula is C20H30N2O. The number of likely N-dealkylation sites (tertiary alicyclic amines) is 1. The van der Waals surface area contributed by atoms with E-state index in [0.717, 1.165) is 38.8 Å². The standard InChI is InChI=1S/C20H30N2O/c1-2-15-8-10-16(11-9-15)18-12-19(21)14-22(13-18)20(23)17-6-4-3-5-7-17/h8-11,17-19H,2-7,12-14,21H2,1H3. The molecule has 1 aliphatic carbocycles. The van der Waals surface area contributed by atoms with Gasteiger partial charge in [-0.05, 0) is 36.8 Å². The number of amides is 1. The number of hydrogen-bond donors (Lipinski definition) is 1. The van der Waals surface area contributed by atoms with Gasteiger partial charge in [0.05, 0.1) is 0 Å². The average molecular weight is 314 g/mol. The predicted molar refractivity (Wildman–Crippen MR) is 94.3 cm³/mol. The molecule has 2 fully saturated rings. The summed E-state index contributed by atoms with van der Waals surface area (Å²) < 4.78 is 0. The van der Waals surface area contributed by atoms with Gasteiger partial charge < -0.3 is 10.6 Å². The van der Waals surface area contributed by atoms with Crippen molar-refractivity contribution < 1.29 is 4.79 Å². The second-order valence-electron chi connectivity index (χ2n) is 7.37. The molecule has 3 rings (SSSR count). The van der Waals surface area contributed by atoms with Crippen molar-refractivity contribution in [3.8, 4) is 0 Å². The topological polar surface area (TPSA) is 46.3 Å². The molecule has 1 amide bonds. The minimum absolute atomic E-state index is 0.104. The fourth-order valence-corrected chi connectivity index (χ4v) is 4.19. The van der Waals surface area contributed by atoms with E-state index in [1.54, 1.807) is 0 Å². The Kier molecular flexibility index (Phi) is 5.37. The molecule has 0 bridgehead atoms. The maximum Gasteiger partial charge on any atom is 0.225 e. The van der Waals surface area contributed by atoms with E-state index in [-0.39, 0.29) is 12.0 Å². The normalized spacial score (nSPS) is 26.3. The summed E-state index contributed by atoms with van der Waals surface area (Å²) in [4.78, 5) is 14.9. The van der Waals surface area contributed by atoms with Crippen molar-refractivity contribution in [3.05, 3.63) is 35.4 Å². The van der Waals surface area contributed by atoms with Gasteiger partial charge >= 0.3 is 0 Å². The molecule has 1 saturated carbocycles. The fourth-order valence-electron chi connectivity index (χ4n) is 4.19. The molecule has 2 N–H and O–H groups in total. The quantitative estimate of drug-likeness (QED) is 0.928. The number of nitrogens with zero attached hydrogens (tertiary/aromatic N) is 1. The van der Waals surface area contributed by atoms with Crippen molar-refractivity contribution in [1.82, 2.24) is 4.90 Å². The van der Waals surface area contributed by atoms with Crippen LogP contribution in [0.15, 0.2) is 24.3 Å². The second kappa shape index (κ2) is 7.48. The highest BCUT2D eigenvalue weighted by molar-refractivity contribution is 5.79. The number of rotatable bonds is 3. The Labute approximate surface area is 140 Å². The molecule has 126 valence electrons.